The van der Waals surface area contributed by atoms with E-state index in [-0.39, 0.29) is 0 Å². The van der Waals surface area contributed by atoms with Gasteiger partial charge in [0.05, 0.1) is 5.70 Å². The third-order valence-electron chi connectivity index (χ3n) is 1.18. The molecule has 0 aliphatic heterocycles. The number of hydrogen-bond acceptors (Lipinski definition) is 2. The molecule has 62 valence electrons. The summed E-state index contributed by atoms with van der Waals surface area (Å²) >= 11 is 0. The average Bonchev–Trinajstić information content (AvgIpc) is 1.79. The van der Waals surface area contributed by atoms with Gasteiger partial charge in [0.15, 0.2) is 0 Å². The van der Waals surface area contributed by atoms with Gasteiger partial charge in [-0.1, -0.05) is 12.2 Å². The summed E-state index contributed by atoms with van der Waals surface area (Å²) in [6.45, 7) is 12.2. The summed E-state index contributed by atoms with van der Waals surface area (Å²) in [6, 6.07) is 0. The molecule has 0 unspecified atom stereocenters. The van der Waals surface area contributed by atoms with Gasteiger partial charge in [-0.2, -0.15) is 0 Å². The molecule has 0 amide bonds. The molecular formula is C9H15NO. The molecule has 0 saturated carbocycles. The normalized spacial score (nSPS) is 12.9. The Bertz CT molecular complexity index is 196. The second kappa shape index (κ2) is 3.49. The standard InChI is InChI=1S/C9H15NO/c1-7(2)6-8(10-5)9(3,4)11/h6,11H,1,5H2,2-4H3/b8-6-. The summed E-state index contributed by atoms with van der Waals surface area (Å²) in [6.07, 6.45) is 1.72. The minimum Gasteiger partial charge on any atom is -0.384 e. The Morgan fingerprint density at radius 2 is 2.00 bits per heavy atom. The van der Waals surface area contributed by atoms with Crippen LogP contribution in [0.4, 0.5) is 0 Å². The second-order valence-corrected chi connectivity index (χ2v) is 3.09. The fraction of sp³-hybridized carbons (Fsp3) is 0.444. The first kappa shape index (κ1) is 10.1. The van der Waals surface area contributed by atoms with Gasteiger partial charge < -0.3 is 5.11 Å². The van der Waals surface area contributed by atoms with Gasteiger partial charge >= 0.3 is 0 Å². The first-order valence-electron chi connectivity index (χ1n) is 3.44. The molecule has 0 aromatic rings. The largest absolute Gasteiger partial charge is 0.384 e. The van der Waals surface area contributed by atoms with Crippen LogP contribution in [0.5, 0.6) is 0 Å². The van der Waals surface area contributed by atoms with Crippen molar-refractivity contribution in [1.82, 2.24) is 0 Å². The Labute approximate surface area is 68.0 Å². The maximum absolute atomic E-state index is 9.48. The number of nitrogens with zero attached hydrogens (tertiary/aromatic N) is 1. The van der Waals surface area contributed by atoms with Gasteiger partial charge in [-0.05, 0) is 33.6 Å². The smallest absolute Gasteiger partial charge is 0.101 e. The van der Waals surface area contributed by atoms with Crippen LogP contribution in [0.3, 0.4) is 0 Å². The van der Waals surface area contributed by atoms with Crippen molar-refractivity contribution in [3.63, 3.8) is 0 Å². The third kappa shape index (κ3) is 3.73. The highest BCUT2D eigenvalue weighted by Gasteiger charge is 2.17. The van der Waals surface area contributed by atoms with Gasteiger partial charge in [-0.3, -0.25) is 4.99 Å². The van der Waals surface area contributed by atoms with E-state index in [9.17, 15) is 5.11 Å². The van der Waals surface area contributed by atoms with E-state index in [0.717, 1.165) is 5.57 Å². The number of aliphatic hydroxyl groups is 1. The van der Waals surface area contributed by atoms with Gasteiger partial charge in [0, 0.05) is 0 Å². The van der Waals surface area contributed by atoms with E-state index in [1.165, 1.54) is 0 Å². The van der Waals surface area contributed by atoms with Crippen molar-refractivity contribution in [2.45, 2.75) is 26.4 Å². The lowest BCUT2D eigenvalue weighted by Gasteiger charge is -2.17. The fourth-order valence-corrected chi connectivity index (χ4v) is 0.649. The molecule has 0 spiro atoms. The molecule has 2 heteroatoms. The molecule has 0 saturated heterocycles. The highest BCUT2D eigenvalue weighted by Crippen LogP contribution is 2.17. The number of aliphatic imine (C=N–C) groups is 1. The van der Waals surface area contributed by atoms with Crippen LogP contribution >= 0.6 is 0 Å². The van der Waals surface area contributed by atoms with E-state index in [0.29, 0.717) is 5.70 Å². The molecule has 0 fully saturated rings. The van der Waals surface area contributed by atoms with Gasteiger partial charge in [-0.15, -0.1) is 0 Å². The van der Waals surface area contributed by atoms with Crippen molar-refractivity contribution < 1.29 is 5.11 Å². The zero-order chi connectivity index (χ0) is 9.07. The number of allylic oxidation sites excluding steroid dienone is 2. The molecule has 0 aromatic heterocycles. The van der Waals surface area contributed by atoms with Gasteiger partial charge in [0.2, 0.25) is 0 Å². The quantitative estimate of drug-likeness (QED) is 0.487. The lowest BCUT2D eigenvalue weighted by atomic mass is 10.0. The lowest BCUT2D eigenvalue weighted by molar-refractivity contribution is 0.118. The molecule has 0 radical (unpaired) electrons. The van der Waals surface area contributed by atoms with Crippen LogP contribution in [0.1, 0.15) is 20.8 Å². The van der Waals surface area contributed by atoms with E-state index in [4.69, 9.17) is 0 Å². The zero-order valence-corrected chi connectivity index (χ0v) is 7.39. The fourth-order valence-electron chi connectivity index (χ4n) is 0.649. The van der Waals surface area contributed by atoms with Crippen LogP contribution in [0.15, 0.2) is 28.9 Å². The summed E-state index contributed by atoms with van der Waals surface area (Å²) in [5.41, 5.74) is 0.472. The Morgan fingerprint density at radius 1 is 1.55 bits per heavy atom. The van der Waals surface area contributed by atoms with Crippen molar-refractivity contribution in [3.8, 4) is 0 Å². The van der Waals surface area contributed by atoms with E-state index in [1.807, 2.05) is 6.92 Å². The third-order valence-corrected chi connectivity index (χ3v) is 1.18. The van der Waals surface area contributed by atoms with Gasteiger partial charge in [-0.25, -0.2) is 0 Å². The Morgan fingerprint density at radius 3 is 2.09 bits per heavy atom. The molecule has 0 rings (SSSR count). The minimum atomic E-state index is -0.930. The van der Waals surface area contributed by atoms with Crippen LogP contribution in [-0.2, 0) is 0 Å². The topological polar surface area (TPSA) is 32.6 Å². The van der Waals surface area contributed by atoms with Crippen molar-refractivity contribution in [2.75, 3.05) is 0 Å². The Balaban J connectivity index is 4.68. The Hall–Kier alpha value is -0.890. The van der Waals surface area contributed by atoms with E-state index < -0.39 is 5.60 Å². The van der Waals surface area contributed by atoms with Crippen LogP contribution in [0.25, 0.3) is 0 Å². The van der Waals surface area contributed by atoms with Crippen LogP contribution < -0.4 is 0 Å². The Kier molecular flexibility index (Phi) is 3.20. The SMILES string of the molecule is C=N/C(=C\C(=C)C)C(C)(C)O. The van der Waals surface area contributed by atoms with Crippen molar-refractivity contribution in [2.24, 2.45) is 4.99 Å². The molecule has 0 atom stereocenters. The first-order chi connectivity index (χ1) is 4.88. The molecule has 0 heterocycles. The van der Waals surface area contributed by atoms with Gasteiger partial charge in [0.25, 0.3) is 0 Å². The maximum Gasteiger partial charge on any atom is 0.101 e. The average molecular weight is 153 g/mol. The summed E-state index contributed by atoms with van der Waals surface area (Å²) in [5.74, 6) is 0. The second-order valence-electron chi connectivity index (χ2n) is 3.09. The van der Waals surface area contributed by atoms with Crippen LogP contribution in [0.2, 0.25) is 0 Å². The molecule has 0 aromatic carbocycles. The predicted molar refractivity (Wildman–Crippen MR) is 48.7 cm³/mol. The molecule has 1 N–H and O–H groups in total. The van der Waals surface area contributed by atoms with Crippen LogP contribution in [-0.4, -0.2) is 17.4 Å². The summed E-state index contributed by atoms with van der Waals surface area (Å²) in [7, 11) is 0. The van der Waals surface area contributed by atoms with Crippen molar-refractivity contribution in [3.05, 3.63) is 23.9 Å². The minimum absolute atomic E-state index is 0.546. The van der Waals surface area contributed by atoms with E-state index in [1.54, 1.807) is 19.9 Å². The summed E-state index contributed by atoms with van der Waals surface area (Å²) < 4.78 is 0. The first-order valence-corrected chi connectivity index (χ1v) is 3.44. The van der Waals surface area contributed by atoms with Crippen molar-refractivity contribution in [1.29, 1.82) is 0 Å². The van der Waals surface area contributed by atoms with Gasteiger partial charge in [0.1, 0.15) is 5.60 Å². The zero-order valence-electron chi connectivity index (χ0n) is 7.39. The highest BCUT2D eigenvalue weighted by atomic mass is 16.3. The molecule has 2 nitrogen and oxygen atoms in total. The molecule has 11 heavy (non-hydrogen) atoms. The molecule has 0 bridgehead atoms. The summed E-state index contributed by atoms with van der Waals surface area (Å²) in [4.78, 5) is 3.70. The summed E-state index contributed by atoms with van der Waals surface area (Å²) in [5, 5.41) is 9.48. The number of rotatable bonds is 3. The molecular weight excluding hydrogens is 138 g/mol. The monoisotopic (exact) mass is 153 g/mol. The van der Waals surface area contributed by atoms with E-state index >= 15 is 0 Å². The van der Waals surface area contributed by atoms with Crippen molar-refractivity contribution >= 4 is 6.72 Å². The van der Waals surface area contributed by atoms with Crippen LogP contribution in [0, 0.1) is 0 Å². The lowest BCUT2D eigenvalue weighted by Crippen LogP contribution is -2.20. The maximum atomic E-state index is 9.48. The molecule has 0 aliphatic carbocycles. The number of hydrogen-bond donors (Lipinski definition) is 1. The predicted octanol–water partition coefficient (Wildman–Crippen LogP) is 1.92. The molecule has 0 aliphatic rings. The van der Waals surface area contributed by atoms with E-state index in [2.05, 4.69) is 18.3 Å². The highest BCUT2D eigenvalue weighted by molar-refractivity contribution is 5.34.